The lowest BCUT2D eigenvalue weighted by Crippen LogP contribution is -2.55. The summed E-state index contributed by atoms with van der Waals surface area (Å²) in [7, 11) is 0. The minimum Gasteiger partial charge on any atom is -0.305 e. The van der Waals surface area contributed by atoms with Crippen LogP contribution in [0.15, 0.2) is 30.3 Å². The van der Waals surface area contributed by atoms with E-state index in [-0.39, 0.29) is 22.9 Å². The van der Waals surface area contributed by atoms with E-state index >= 15 is 0 Å². The van der Waals surface area contributed by atoms with Crippen molar-refractivity contribution in [3.63, 3.8) is 0 Å². The van der Waals surface area contributed by atoms with Crippen LogP contribution in [0.3, 0.4) is 0 Å². The summed E-state index contributed by atoms with van der Waals surface area (Å²) >= 11 is 5.36. The van der Waals surface area contributed by atoms with Gasteiger partial charge >= 0.3 is 0 Å². The second kappa shape index (κ2) is 6.37. The van der Waals surface area contributed by atoms with E-state index in [1.807, 2.05) is 0 Å². The lowest BCUT2D eigenvalue weighted by Gasteiger charge is -2.53. The minimum atomic E-state index is -0.354. The molecule has 72 heavy (non-hydrogen) atoms. The summed E-state index contributed by atoms with van der Waals surface area (Å²) in [5, 5.41) is 94.8. The van der Waals surface area contributed by atoms with Crippen LogP contribution in [0.4, 0.5) is 0 Å². The van der Waals surface area contributed by atoms with Crippen molar-refractivity contribution < 1.29 is 0 Å². The van der Waals surface area contributed by atoms with Crippen molar-refractivity contribution in [1.29, 1.82) is 0 Å². The summed E-state index contributed by atoms with van der Waals surface area (Å²) in [6, 6.07) is 12.3. The standard InChI is InChI=1S/C70H13NS/c72-7-6-9-69-64-56-48-38-28-20-12-10-11-14-18-16(12)24-32-26(18)36-30-22(14)23-15(11)19-17-13(10)21(20)29-35-25(17)33-27(19)37-31(23)41-40(30)50-44(36)54-46(32)52(42(48)34(24)28)58(64)60(54)66-62(50)63-51(41)45(37)55-47(33)53-43(35)49(39(29)38)57(56)65(69)59(53)61(55)67(63)70(66,69)68(71-9)8-4-2-1-3-5-8/h1-5,9,68,71-72H,6-7H2. The summed E-state index contributed by atoms with van der Waals surface area (Å²) in [6.07, 6.45) is 1.03. The maximum Gasteiger partial charge on any atom is 0.0575 e. The van der Waals surface area contributed by atoms with Crippen molar-refractivity contribution in [3.8, 4) is 0 Å². The van der Waals surface area contributed by atoms with Gasteiger partial charge in [0.15, 0.2) is 0 Å². The quantitative estimate of drug-likeness (QED) is 0.133. The smallest absolute Gasteiger partial charge is 0.0575 e. The molecule has 304 valence electrons. The van der Waals surface area contributed by atoms with E-state index in [0.29, 0.717) is 0 Å². The van der Waals surface area contributed by atoms with Crippen molar-refractivity contribution in [3.05, 3.63) is 58.1 Å². The van der Waals surface area contributed by atoms with Crippen LogP contribution in [0.5, 0.6) is 0 Å². The molecule has 1 fully saturated rings. The molecule has 1 aliphatic heterocycles. The van der Waals surface area contributed by atoms with Gasteiger partial charge in [0, 0.05) is 12.1 Å². The van der Waals surface area contributed by atoms with E-state index in [1.165, 1.54) is 5.56 Å². The molecule has 1 nitrogen and oxygen atoms in total. The van der Waals surface area contributed by atoms with Crippen molar-refractivity contribution in [1.82, 2.24) is 5.32 Å². The van der Waals surface area contributed by atoms with Crippen LogP contribution in [0.1, 0.15) is 40.3 Å². The minimum absolute atomic E-state index is 0.0966. The Hall–Kier alpha value is -8.01. The van der Waals surface area contributed by atoms with E-state index in [9.17, 15) is 0 Å². The average molecular weight is 900 g/mol. The van der Waals surface area contributed by atoms with Gasteiger partial charge in [-0.2, -0.15) is 12.6 Å². The van der Waals surface area contributed by atoms with Gasteiger partial charge in [0.2, 0.25) is 0 Å². The Morgan fingerprint density at radius 3 is 0.667 bits per heavy atom. The molecule has 2 unspecified atom stereocenters. The molecule has 29 aromatic rings. The maximum atomic E-state index is 5.36. The Bertz CT molecular complexity index is 7220. The molecule has 0 bridgehead atoms. The Morgan fingerprint density at radius 1 is 0.264 bits per heavy atom. The van der Waals surface area contributed by atoms with Gasteiger partial charge in [-0.1, -0.05) is 30.3 Å². The molecular weight excluding hydrogens is 887 g/mol. The summed E-state index contributed by atoms with van der Waals surface area (Å²) in [5.41, 5.74) is 7.82. The van der Waals surface area contributed by atoms with E-state index in [2.05, 4.69) is 30.3 Å². The lowest BCUT2D eigenvalue weighted by molar-refractivity contribution is 0.329. The lowest BCUT2D eigenvalue weighted by atomic mass is 9.46. The molecule has 1 heterocycles. The van der Waals surface area contributed by atoms with Gasteiger partial charge in [-0.15, -0.1) is 0 Å². The van der Waals surface area contributed by atoms with Crippen molar-refractivity contribution in [2.75, 3.05) is 5.75 Å². The molecule has 1 saturated heterocycles. The molecule has 2 spiro atoms. The predicted molar refractivity (Wildman–Crippen MR) is 308 cm³/mol. The summed E-state index contributed by atoms with van der Waals surface area (Å²) in [4.78, 5) is 0. The third-order valence-corrected chi connectivity index (χ3v) is 26.6. The summed E-state index contributed by atoms with van der Waals surface area (Å²) in [6.45, 7) is 0. The molecule has 0 amide bonds. The molecule has 0 radical (unpaired) electrons. The number of benzene rings is 19. The van der Waals surface area contributed by atoms with Crippen LogP contribution in [0.25, 0.3) is 291 Å². The van der Waals surface area contributed by atoms with Crippen LogP contribution in [-0.2, 0) is 10.8 Å². The molecular formula is C70H13NS. The second-order valence-electron chi connectivity index (χ2n) is 26.4. The van der Waals surface area contributed by atoms with Gasteiger partial charge in [-0.3, -0.25) is 0 Å². The normalized spacial score (nSPS) is 24.3. The molecule has 29 aromatic carbocycles. The van der Waals surface area contributed by atoms with Crippen LogP contribution >= 0.6 is 12.6 Å². The van der Waals surface area contributed by atoms with Gasteiger partial charge in [-0.05, 0) is 331 Å². The monoisotopic (exact) mass is 899 g/mol. The number of nitrogens with one attached hydrogen (secondary N) is 1. The van der Waals surface area contributed by atoms with Crippen molar-refractivity contribution in [2.24, 2.45) is 0 Å². The molecule has 4 aliphatic carbocycles. The zero-order chi connectivity index (χ0) is 42.9. The molecule has 2 heteroatoms. The average Bonchev–Trinajstić information content (AvgIpc) is 4.41. The molecule has 1 N–H and O–H groups in total. The van der Waals surface area contributed by atoms with Crippen LogP contribution in [0, 0.1) is 0 Å². The first-order chi connectivity index (χ1) is 35.9. The van der Waals surface area contributed by atoms with Gasteiger partial charge in [0.25, 0.3) is 0 Å². The van der Waals surface area contributed by atoms with Gasteiger partial charge in [-0.25, -0.2) is 0 Å². The topological polar surface area (TPSA) is 12.0 Å². The first-order valence-electron chi connectivity index (χ1n) is 27.1. The molecule has 2 atom stereocenters. The fourth-order valence-corrected chi connectivity index (χ4v) is 26.6. The summed E-state index contributed by atoms with van der Waals surface area (Å²) < 4.78 is 0. The van der Waals surface area contributed by atoms with Crippen molar-refractivity contribution in [2.45, 2.75) is 29.3 Å². The number of rotatable bonds is 3. The Labute approximate surface area is 399 Å². The first kappa shape index (κ1) is 27.6. The third-order valence-electron chi connectivity index (χ3n) is 26.3. The molecule has 0 aromatic heterocycles. The Morgan fingerprint density at radius 2 is 0.458 bits per heavy atom. The Balaban J connectivity index is 1.17. The highest BCUT2D eigenvalue weighted by atomic mass is 32.1. The predicted octanol–water partition coefficient (Wildman–Crippen LogP) is 18.3. The Kier molecular flexibility index (Phi) is 2.44. The largest absolute Gasteiger partial charge is 0.305 e. The van der Waals surface area contributed by atoms with E-state index in [4.69, 9.17) is 17.9 Å². The number of hydrogen-bond acceptors (Lipinski definition) is 2. The van der Waals surface area contributed by atoms with E-state index < -0.39 is 0 Å². The molecule has 5 aliphatic rings. The van der Waals surface area contributed by atoms with Gasteiger partial charge in [0.1, 0.15) is 0 Å². The highest BCUT2D eigenvalue weighted by Gasteiger charge is 2.77. The second-order valence-corrected chi connectivity index (χ2v) is 26.9. The highest BCUT2D eigenvalue weighted by Crippen LogP contribution is 2.87. The van der Waals surface area contributed by atoms with Crippen molar-refractivity contribution >= 4 is 303 Å². The molecule has 0 saturated carbocycles. The first-order valence-corrected chi connectivity index (χ1v) is 27.7. The van der Waals surface area contributed by atoms with Gasteiger partial charge in [0.05, 0.1) is 10.8 Å². The van der Waals surface area contributed by atoms with Crippen LogP contribution in [0.2, 0.25) is 0 Å². The van der Waals surface area contributed by atoms with Gasteiger partial charge < -0.3 is 5.32 Å². The maximum absolute atomic E-state index is 5.36. The zero-order valence-corrected chi connectivity index (χ0v) is 37.8. The van der Waals surface area contributed by atoms with E-state index in [1.54, 1.807) is 313 Å². The number of thiol groups is 1. The third kappa shape index (κ3) is 1.47. The number of hydrogen-bond donors (Lipinski definition) is 2. The summed E-state index contributed by atoms with van der Waals surface area (Å²) in [5.74, 6) is 0.864. The van der Waals surface area contributed by atoms with E-state index in [0.717, 1.165) is 12.2 Å². The fraction of sp³-hybridized carbons (Fsp3) is 0.0857. The fourth-order valence-electron chi connectivity index (χ4n) is 26.4. The molecule has 34 rings (SSSR count). The van der Waals surface area contributed by atoms with Crippen LogP contribution < -0.4 is 5.32 Å². The SMILES string of the molecule is SCCC1NC(c2ccccc2)C23c4c5c6c7c8c9c(c%10c%11c2c2c4c4c%12c5c5c6c6c8c8c%13c9c9c%10c%10c%11c%11c2c2c4c4c%12c%12c5c5c6c8c6c8c%13c9c9c%10c%10c%11c2c2c4c4c%12c5c6c5c8c9c%10c2c45)C713. The van der Waals surface area contributed by atoms with Crippen LogP contribution in [-0.4, -0.2) is 11.8 Å². The zero-order valence-electron chi connectivity index (χ0n) is 36.9. The highest BCUT2D eigenvalue weighted by molar-refractivity contribution is 7.80.